The van der Waals surface area contributed by atoms with Gasteiger partial charge in [0.2, 0.25) is 0 Å². The Morgan fingerprint density at radius 3 is 2.85 bits per heavy atom. The zero-order chi connectivity index (χ0) is 13.8. The molecule has 0 N–H and O–H groups in total. The minimum absolute atomic E-state index is 0.343. The summed E-state index contributed by atoms with van der Waals surface area (Å²) in [6.07, 6.45) is 2.73. The van der Waals surface area contributed by atoms with Crippen molar-refractivity contribution in [2.45, 2.75) is 12.8 Å². The monoisotopic (exact) mass is 282 g/mol. The van der Waals surface area contributed by atoms with Crippen molar-refractivity contribution in [3.8, 4) is 11.8 Å². The average Bonchev–Trinajstić information content (AvgIpc) is 2.88. The summed E-state index contributed by atoms with van der Waals surface area (Å²) < 4.78 is 13.9. The van der Waals surface area contributed by atoms with E-state index in [0.717, 1.165) is 23.4 Å². The third-order valence-corrected chi connectivity index (χ3v) is 3.84. The number of para-hydroxylation sites is 1. The van der Waals surface area contributed by atoms with Crippen molar-refractivity contribution in [1.29, 1.82) is 0 Å². The van der Waals surface area contributed by atoms with Crippen molar-refractivity contribution < 1.29 is 4.39 Å². The number of pyridine rings is 1. The lowest BCUT2D eigenvalue weighted by atomic mass is 10.3. The van der Waals surface area contributed by atoms with Gasteiger partial charge in [0.05, 0.1) is 21.4 Å². The van der Waals surface area contributed by atoms with Crippen LogP contribution in [0, 0.1) is 17.7 Å². The van der Waals surface area contributed by atoms with Crippen LogP contribution in [0.1, 0.15) is 17.1 Å². The zero-order valence-electron chi connectivity index (χ0n) is 10.6. The van der Waals surface area contributed by atoms with Gasteiger partial charge in [-0.15, -0.1) is 11.3 Å². The summed E-state index contributed by atoms with van der Waals surface area (Å²) in [5.74, 6) is 5.63. The molecule has 0 radical (unpaired) electrons. The largest absolute Gasteiger partial charge is 0.245 e. The summed E-state index contributed by atoms with van der Waals surface area (Å²) in [5, 5.41) is 1.09. The molecule has 3 rings (SSSR count). The van der Waals surface area contributed by atoms with Gasteiger partial charge in [0, 0.05) is 12.8 Å². The molecule has 0 atom stereocenters. The zero-order valence-corrected chi connectivity index (χ0v) is 11.5. The molecule has 0 bridgehead atoms. The van der Waals surface area contributed by atoms with E-state index in [1.54, 1.807) is 17.4 Å². The van der Waals surface area contributed by atoms with Gasteiger partial charge in [0.25, 0.3) is 0 Å². The van der Waals surface area contributed by atoms with Crippen LogP contribution in [-0.4, -0.2) is 9.97 Å². The van der Waals surface area contributed by atoms with Gasteiger partial charge in [-0.1, -0.05) is 18.1 Å². The van der Waals surface area contributed by atoms with Crippen molar-refractivity contribution in [2.24, 2.45) is 0 Å². The van der Waals surface area contributed by atoms with E-state index >= 15 is 0 Å². The molecule has 2 aromatic heterocycles. The summed E-state index contributed by atoms with van der Waals surface area (Å²) >= 11 is 1.70. The highest BCUT2D eigenvalue weighted by Crippen LogP contribution is 2.22. The fourth-order valence-corrected chi connectivity index (χ4v) is 2.77. The first-order valence-electron chi connectivity index (χ1n) is 6.26. The average molecular weight is 282 g/mol. The van der Waals surface area contributed by atoms with Gasteiger partial charge in [-0.25, -0.2) is 14.4 Å². The summed E-state index contributed by atoms with van der Waals surface area (Å²) in [5.41, 5.74) is 1.64. The Morgan fingerprint density at radius 1 is 1.15 bits per heavy atom. The highest BCUT2D eigenvalue weighted by molar-refractivity contribution is 7.18. The first-order chi connectivity index (χ1) is 9.81. The van der Waals surface area contributed by atoms with E-state index in [-0.39, 0.29) is 5.82 Å². The molecule has 20 heavy (non-hydrogen) atoms. The molecule has 0 amide bonds. The SMILES string of the molecule is Fc1ccc(C#CCCc2nc3ccccc3s2)nc1. The number of nitrogens with zero attached hydrogens (tertiary/aromatic N) is 2. The molecule has 0 aliphatic rings. The molecular formula is C16H11FN2S. The number of thiazole rings is 1. The van der Waals surface area contributed by atoms with Crippen LogP contribution in [0.15, 0.2) is 42.6 Å². The van der Waals surface area contributed by atoms with Gasteiger partial charge in [-0.2, -0.15) is 0 Å². The molecule has 2 nitrogen and oxygen atoms in total. The van der Waals surface area contributed by atoms with Gasteiger partial charge in [-0.05, 0) is 30.2 Å². The highest BCUT2D eigenvalue weighted by Gasteiger charge is 2.01. The van der Waals surface area contributed by atoms with Gasteiger partial charge in [0.15, 0.2) is 0 Å². The Hall–Kier alpha value is -2.25. The molecule has 3 aromatic rings. The van der Waals surface area contributed by atoms with Crippen LogP contribution in [0.4, 0.5) is 4.39 Å². The molecule has 1 aromatic carbocycles. The molecule has 2 heterocycles. The predicted molar refractivity (Wildman–Crippen MR) is 79.0 cm³/mol. The van der Waals surface area contributed by atoms with Gasteiger partial charge in [-0.3, -0.25) is 0 Å². The first kappa shape index (κ1) is 12.8. The summed E-state index contributed by atoms with van der Waals surface area (Å²) in [7, 11) is 0. The van der Waals surface area contributed by atoms with Crippen LogP contribution >= 0.6 is 11.3 Å². The Morgan fingerprint density at radius 2 is 2.05 bits per heavy atom. The van der Waals surface area contributed by atoms with E-state index in [0.29, 0.717) is 5.69 Å². The number of halogens is 1. The molecular weight excluding hydrogens is 271 g/mol. The number of hydrogen-bond donors (Lipinski definition) is 0. The van der Waals surface area contributed by atoms with Crippen molar-refractivity contribution in [3.63, 3.8) is 0 Å². The lowest BCUT2D eigenvalue weighted by molar-refractivity contribution is 0.621. The Bertz CT molecular complexity index is 748. The molecule has 0 fully saturated rings. The lowest BCUT2D eigenvalue weighted by Crippen LogP contribution is -1.84. The topological polar surface area (TPSA) is 25.8 Å². The van der Waals surface area contributed by atoms with E-state index < -0.39 is 0 Å². The maximum Gasteiger partial charge on any atom is 0.141 e. The molecule has 0 unspecified atom stereocenters. The predicted octanol–water partition coefficient (Wildman–Crippen LogP) is 3.81. The van der Waals surface area contributed by atoms with E-state index in [1.807, 2.05) is 18.2 Å². The Kier molecular flexibility index (Phi) is 3.71. The fourth-order valence-electron chi connectivity index (χ4n) is 1.80. The smallest absolute Gasteiger partial charge is 0.141 e. The second-order valence-electron chi connectivity index (χ2n) is 4.24. The van der Waals surface area contributed by atoms with Crippen LogP contribution in [0.5, 0.6) is 0 Å². The van der Waals surface area contributed by atoms with Crippen LogP contribution < -0.4 is 0 Å². The molecule has 0 aliphatic carbocycles. The molecule has 0 aliphatic heterocycles. The number of rotatable bonds is 2. The van der Waals surface area contributed by atoms with Gasteiger partial charge >= 0.3 is 0 Å². The van der Waals surface area contributed by atoms with Gasteiger partial charge in [0.1, 0.15) is 11.5 Å². The lowest BCUT2D eigenvalue weighted by Gasteiger charge is -1.89. The van der Waals surface area contributed by atoms with Crippen LogP contribution in [-0.2, 0) is 6.42 Å². The summed E-state index contributed by atoms with van der Waals surface area (Å²) in [6, 6.07) is 11.1. The van der Waals surface area contributed by atoms with Crippen LogP contribution in [0.3, 0.4) is 0 Å². The number of hydrogen-bond acceptors (Lipinski definition) is 3. The number of aryl methyl sites for hydroxylation is 1. The van der Waals surface area contributed by atoms with E-state index in [4.69, 9.17) is 0 Å². The van der Waals surface area contributed by atoms with Crippen molar-refractivity contribution in [3.05, 3.63) is 59.1 Å². The third kappa shape index (κ3) is 3.01. The van der Waals surface area contributed by atoms with Crippen LogP contribution in [0.25, 0.3) is 10.2 Å². The Balaban J connectivity index is 1.64. The van der Waals surface area contributed by atoms with Gasteiger partial charge < -0.3 is 0 Å². The molecule has 0 saturated carbocycles. The normalized spacial score (nSPS) is 10.2. The second kappa shape index (κ2) is 5.81. The minimum Gasteiger partial charge on any atom is -0.245 e. The molecule has 0 spiro atoms. The second-order valence-corrected chi connectivity index (χ2v) is 5.35. The quantitative estimate of drug-likeness (QED) is 0.668. The molecule has 98 valence electrons. The van der Waals surface area contributed by atoms with Crippen molar-refractivity contribution in [2.75, 3.05) is 0 Å². The third-order valence-electron chi connectivity index (χ3n) is 2.75. The summed E-state index contributed by atoms with van der Waals surface area (Å²) in [4.78, 5) is 8.45. The first-order valence-corrected chi connectivity index (χ1v) is 7.08. The van der Waals surface area contributed by atoms with Crippen LogP contribution in [0.2, 0.25) is 0 Å². The number of fused-ring (bicyclic) bond motifs is 1. The standard InChI is InChI=1S/C16H11FN2S/c17-12-9-10-13(18-11-12)5-1-4-8-16-19-14-6-2-3-7-15(14)20-16/h2-3,6-7,9-11H,4,8H2. The maximum atomic E-state index is 12.7. The van der Waals surface area contributed by atoms with E-state index in [2.05, 4.69) is 27.9 Å². The van der Waals surface area contributed by atoms with Crippen molar-refractivity contribution >= 4 is 21.6 Å². The Labute approximate surface area is 120 Å². The maximum absolute atomic E-state index is 12.7. The number of aromatic nitrogens is 2. The molecule has 4 heteroatoms. The summed E-state index contributed by atoms with van der Waals surface area (Å²) in [6.45, 7) is 0. The highest BCUT2D eigenvalue weighted by atomic mass is 32.1. The molecule has 0 saturated heterocycles. The fraction of sp³-hybridized carbons (Fsp3) is 0.125. The minimum atomic E-state index is -0.343. The number of benzene rings is 1. The van der Waals surface area contributed by atoms with Crippen molar-refractivity contribution in [1.82, 2.24) is 9.97 Å². The van der Waals surface area contributed by atoms with E-state index in [9.17, 15) is 4.39 Å². The van der Waals surface area contributed by atoms with E-state index in [1.165, 1.54) is 17.0 Å².